The number of rotatable bonds is 7. The fourth-order valence-electron chi connectivity index (χ4n) is 0.953. The maximum Gasteiger partial charge on any atom is 0.261 e. The van der Waals surface area contributed by atoms with Crippen LogP contribution in [0.5, 0.6) is 0 Å². The van der Waals surface area contributed by atoms with E-state index in [0.717, 1.165) is 0 Å². The molecule has 0 amide bonds. The first-order valence-electron chi connectivity index (χ1n) is 4.59. The summed E-state index contributed by atoms with van der Waals surface area (Å²) in [5, 5.41) is 3.64. The quantitative estimate of drug-likeness (QED) is 0.674. The van der Waals surface area contributed by atoms with Gasteiger partial charge in [-0.1, -0.05) is 5.16 Å². The van der Waals surface area contributed by atoms with Gasteiger partial charge in [-0.2, -0.15) is 4.98 Å². The van der Waals surface area contributed by atoms with Gasteiger partial charge >= 0.3 is 0 Å². The molecular weight excluding hydrogens is 208 g/mol. The lowest BCUT2D eigenvalue weighted by molar-refractivity contribution is 0.0182. The Bertz CT molecular complexity index is 281. The van der Waals surface area contributed by atoms with Gasteiger partial charge in [-0.15, -0.1) is 0 Å². The largest absolute Gasteiger partial charge is 0.375 e. The molecule has 0 saturated heterocycles. The van der Waals surface area contributed by atoms with Crippen LogP contribution in [0.25, 0.3) is 0 Å². The second-order valence-corrected chi connectivity index (χ2v) is 2.86. The van der Waals surface area contributed by atoms with Crippen molar-refractivity contribution in [2.75, 3.05) is 19.8 Å². The summed E-state index contributed by atoms with van der Waals surface area (Å²) in [5.74, 6) is 0.911. The smallest absolute Gasteiger partial charge is 0.261 e. The lowest BCUT2D eigenvalue weighted by atomic mass is 10.4. The SMILES string of the molecule is NCCc1nc(CCOCC(F)F)no1. The summed E-state index contributed by atoms with van der Waals surface area (Å²) in [5.41, 5.74) is 5.29. The third kappa shape index (κ3) is 4.80. The van der Waals surface area contributed by atoms with E-state index < -0.39 is 13.0 Å². The molecule has 86 valence electrons. The second-order valence-electron chi connectivity index (χ2n) is 2.86. The van der Waals surface area contributed by atoms with Gasteiger partial charge in [0.25, 0.3) is 6.43 Å². The van der Waals surface area contributed by atoms with Crippen molar-refractivity contribution in [1.29, 1.82) is 0 Å². The molecule has 1 aromatic heterocycles. The Morgan fingerprint density at radius 2 is 2.20 bits per heavy atom. The van der Waals surface area contributed by atoms with Crippen molar-refractivity contribution >= 4 is 0 Å². The highest BCUT2D eigenvalue weighted by Gasteiger charge is 2.06. The Labute approximate surface area is 85.6 Å². The molecule has 0 fully saturated rings. The number of alkyl halides is 2. The van der Waals surface area contributed by atoms with Crippen LogP contribution in [-0.4, -0.2) is 36.3 Å². The van der Waals surface area contributed by atoms with Gasteiger partial charge in [0, 0.05) is 19.4 Å². The van der Waals surface area contributed by atoms with Gasteiger partial charge in [-0.3, -0.25) is 0 Å². The summed E-state index contributed by atoms with van der Waals surface area (Å²) in [6.07, 6.45) is -1.56. The minimum Gasteiger partial charge on any atom is -0.375 e. The Morgan fingerprint density at radius 3 is 2.87 bits per heavy atom. The summed E-state index contributed by atoms with van der Waals surface area (Å²) in [7, 11) is 0. The van der Waals surface area contributed by atoms with Crippen LogP contribution >= 0.6 is 0 Å². The average Bonchev–Trinajstić information content (AvgIpc) is 2.61. The van der Waals surface area contributed by atoms with Crippen LogP contribution in [-0.2, 0) is 17.6 Å². The summed E-state index contributed by atoms with van der Waals surface area (Å²) < 4.78 is 32.9. The van der Waals surface area contributed by atoms with Crippen molar-refractivity contribution in [3.05, 3.63) is 11.7 Å². The van der Waals surface area contributed by atoms with E-state index in [2.05, 4.69) is 14.9 Å². The highest BCUT2D eigenvalue weighted by molar-refractivity contribution is 4.86. The van der Waals surface area contributed by atoms with Crippen molar-refractivity contribution < 1.29 is 18.0 Å². The molecular formula is C8H13F2N3O2. The van der Waals surface area contributed by atoms with E-state index in [4.69, 9.17) is 10.3 Å². The monoisotopic (exact) mass is 221 g/mol. The number of halogens is 2. The Morgan fingerprint density at radius 1 is 1.40 bits per heavy atom. The predicted molar refractivity (Wildman–Crippen MR) is 47.6 cm³/mol. The minimum atomic E-state index is -2.44. The van der Waals surface area contributed by atoms with E-state index in [-0.39, 0.29) is 6.61 Å². The molecule has 0 spiro atoms. The minimum absolute atomic E-state index is 0.159. The van der Waals surface area contributed by atoms with Gasteiger partial charge in [0.05, 0.1) is 6.61 Å². The zero-order chi connectivity index (χ0) is 11.1. The number of nitrogens with two attached hydrogens (primary N) is 1. The molecule has 2 N–H and O–H groups in total. The van der Waals surface area contributed by atoms with Crippen molar-refractivity contribution in [2.24, 2.45) is 5.73 Å². The zero-order valence-electron chi connectivity index (χ0n) is 8.16. The normalized spacial score (nSPS) is 11.2. The molecule has 0 saturated carbocycles. The molecule has 7 heteroatoms. The van der Waals surface area contributed by atoms with Crippen molar-refractivity contribution in [3.8, 4) is 0 Å². The van der Waals surface area contributed by atoms with E-state index in [1.165, 1.54) is 0 Å². The van der Waals surface area contributed by atoms with Crippen LogP contribution in [0, 0.1) is 0 Å². The van der Waals surface area contributed by atoms with Gasteiger partial charge in [0.1, 0.15) is 6.61 Å². The standard InChI is InChI=1S/C8H13F2N3O2/c9-6(10)5-14-4-2-7-12-8(1-3-11)15-13-7/h6H,1-5,11H2. The highest BCUT2D eigenvalue weighted by atomic mass is 19.3. The molecule has 5 nitrogen and oxygen atoms in total. The van der Waals surface area contributed by atoms with E-state index in [0.29, 0.717) is 31.1 Å². The van der Waals surface area contributed by atoms with Gasteiger partial charge in [0.15, 0.2) is 5.82 Å². The first-order valence-corrected chi connectivity index (χ1v) is 4.59. The molecule has 0 aromatic carbocycles. The Hall–Kier alpha value is -1.08. The molecule has 0 aliphatic rings. The fraction of sp³-hybridized carbons (Fsp3) is 0.750. The number of hydrogen-bond acceptors (Lipinski definition) is 5. The van der Waals surface area contributed by atoms with E-state index in [1.54, 1.807) is 0 Å². The lowest BCUT2D eigenvalue weighted by Crippen LogP contribution is -2.08. The van der Waals surface area contributed by atoms with Crippen LogP contribution < -0.4 is 5.73 Å². The van der Waals surface area contributed by atoms with E-state index >= 15 is 0 Å². The van der Waals surface area contributed by atoms with Gasteiger partial charge in [-0.25, -0.2) is 8.78 Å². The van der Waals surface area contributed by atoms with E-state index in [1.807, 2.05) is 0 Å². The van der Waals surface area contributed by atoms with Crippen LogP contribution in [0.3, 0.4) is 0 Å². The third-order valence-corrected chi connectivity index (χ3v) is 1.58. The first-order chi connectivity index (χ1) is 7.22. The van der Waals surface area contributed by atoms with Crippen molar-refractivity contribution in [1.82, 2.24) is 10.1 Å². The number of aromatic nitrogens is 2. The number of hydrogen-bond donors (Lipinski definition) is 1. The zero-order valence-corrected chi connectivity index (χ0v) is 8.16. The third-order valence-electron chi connectivity index (χ3n) is 1.58. The van der Waals surface area contributed by atoms with Gasteiger partial charge < -0.3 is 15.0 Å². The summed E-state index contributed by atoms with van der Waals surface area (Å²) >= 11 is 0. The fourth-order valence-corrected chi connectivity index (χ4v) is 0.953. The van der Waals surface area contributed by atoms with Crippen molar-refractivity contribution in [2.45, 2.75) is 19.3 Å². The van der Waals surface area contributed by atoms with Crippen LogP contribution in [0.1, 0.15) is 11.7 Å². The Balaban J connectivity index is 2.19. The Kier molecular flexibility index (Phi) is 5.13. The summed E-state index contributed by atoms with van der Waals surface area (Å²) in [6.45, 7) is 0.0307. The van der Waals surface area contributed by atoms with Crippen LogP contribution in [0.2, 0.25) is 0 Å². The first kappa shape index (κ1) is 12.0. The molecule has 1 heterocycles. The average molecular weight is 221 g/mol. The van der Waals surface area contributed by atoms with Gasteiger partial charge in [-0.05, 0) is 0 Å². The predicted octanol–water partition coefficient (Wildman–Crippen LogP) is 0.395. The maximum atomic E-state index is 11.7. The molecule has 0 radical (unpaired) electrons. The van der Waals surface area contributed by atoms with E-state index in [9.17, 15) is 8.78 Å². The molecule has 0 aliphatic heterocycles. The maximum absolute atomic E-state index is 11.7. The van der Waals surface area contributed by atoms with Crippen LogP contribution in [0.15, 0.2) is 4.52 Å². The summed E-state index contributed by atoms with van der Waals surface area (Å²) in [6, 6.07) is 0. The van der Waals surface area contributed by atoms with Crippen molar-refractivity contribution in [3.63, 3.8) is 0 Å². The molecule has 1 rings (SSSR count). The number of ether oxygens (including phenoxy) is 1. The lowest BCUT2D eigenvalue weighted by Gasteiger charge is -1.99. The van der Waals surface area contributed by atoms with Crippen LogP contribution in [0.4, 0.5) is 8.78 Å². The highest BCUT2D eigenvalue weighted by Crippen LogP contribution is 1.99. The molecule has 0 unspecified atom stereocenters. The molecule has 0 bridgehead atoms. The second kappa shape index (κ2) is 6.41. The molecule has 0 atom stereocenters. The van der Waals surface area contributed by atoms with Gasteiger partial charge in [0.2, 0.25) is 5.89 Å². The molecule has 0 aliphatic carbocycles. The summed E-state index contributed by atoms with van der Waals surface area (Å²) in [4.78, 5) is 3.99. The topological polar surface area (TPSA) is 74.2 Å². The molecule has 1 aromatic rings. The molecule has 15 heavy (non-hydrogen) atoms. The number of nitrogens with zero attached hydrogens (tertiary/aromatic N) is 2.